The van der Waals surface area contributed by atoms with Crippen LogP contribution in [0.3, 0.4) is 0 Å². The largest absolute Gasteiger partial charge is 0.508 e. The van der Waals surface area contributed by atoms with Gasteiger partial charge in [-0.05, 0) is 55.0 Å². The van der Waals surface area contributed by atoms with Crippen molar-refractivity contribution in [1.29, 1.82) is 0 Å². The van der Waals surface area contributed by atoms with Crippen molar-refractivity contribution in [1.82, 2.24) is 3.97 Å². The van der Waals surface area contributed by atoms with Crippen LogP contribution in [0.15, 0.2) is 47.4 Å². The minimum Gasteiger partial charge on any atom is -0.508 e. The fourth-order valence-electron chi connectivity index (χ4n) is 2.84. The average molecular weight is 380 g/mol. The Bertz CT molecular complexity index is 1080. The summed E-state index contributed by atoms with van der Waals surface area (Å²) in [6, 6.07) is 9.91. The Morgan fingerprint density at radius 2 is 1.80 bits per heavy atom. The van der Waals surface area contributed by atoms with Crippen molar-refractivity contribution in [3.8, 4) is 5.75 Å². The van der Waals surface area contributed by atoms with E-state index in [4.69, 9.17) is 16.7 Å². The first kappa shape index (κ1) is 17.3. The maximum atomic E-state index is 13.1. The minimum atomic E-state index is -3.96. The van der Waals surface area contributed by atoms with Crippen LogP contribution in [0.1, 0.15) is 11.3 Å². The summed E-state index contributed by atoms with van der Waals surface area (Å²) in [5, 5.41) is 19.7. The highest BCUT2D eigenvalue weighted by atomic mass is 35.5. The van der Waals surface area contributed by atoms with Crippen LogP contribution in [0.2, 0.25) is 5.02 Å². The van der Waals surface area contributed by atoms with Gasteiger partial charge in [-0.2, -0.15) is 0 Å². The molecule has 0 aliphatic carbocycles. The van der Waals surface area contributed by atoms with Crippen molar-refractivity contribution in [2.75, 3.05) is 0 Å². The Morgan fingerprint density at radius 1 is 1.16 bits per heavy atom. The minimum absolute atomic E-state index is 0.0341. The second kappa shape index (κ2) is 6.09. The predicted octanol–water partition coefficient (Wildman–Crippen LogP) is 3.17. The van der Waals surface area contributed by atoms with E-state index in [-0.39, 0.29) is 22.8 Å². The highest BCUT2D eigenvalue weighted by Crippen LogP contribution is 2.32. The van der Waals surface area contributed by atoms with E-state index >= 15 is 0 Å². The molecule has 1 heterocycles. The van der Waals surface area contributed by atoms with E-state index < -0.39 is 16.0 Å². The van der Waals surface area contributed by atoms with E-state index in [9.17, 15) is 18.3 Å². The molecule has 0 bridgehead atoms. The van der Waals surface area contributed by atoms with Crippen molar-refractivity contribution >= 4 is 38.5 Å². The van der Waals surface area contributed by atoms with Crippen LogP contribution in [-0.2, 0) is 21.2 Å². The topological polar surface area (TPSA) is 96.6 Å². The summed E-state index contributed by atoms with van der Waals surface area (Å²) in [4.78, 5) is 11.2. The van der Waals surface area contributed by atoms with Crippen molar-refractivity contribution in [3.63, 3.8) is 0 Å². The van der Waals surface area contributed by atoms with Crippen molar-refractivity contribution in [2.45, 2.75) is 18.2 Å². The Labute approximate surface area is 148 Å². The summed E-state index contributed by atoms with van der Waals surface area (Å²) in [6.45, 7) is 1.54. The average Bonchev–Trinajstić information content (AvgIpc) is 2.80. The molecule has 0 fully saturated rings. The summed E-state index contributed by atoms with van der Waals surface area (Å²) < 4.78 is 27.2. The van der Waals surface area contributed by atoms with Gasteiger partial charge in [0.1, 0.15) is 5.75 Å². The molecule has 0 atom stereocenters. The zero-order chi connectivity index (χ0) is 18.4. The third-order valence-electron chi connectivity index (χ3n) is 3.95. The zero-order valence-corrected chi connectivity index (χ0v) is 14.7. The molecule has 0 aliphatic rings. The number of phenolic OH excluding ortho intramolecular Hbond substituents is 1. The van der Waals surface area contributed by atoms with Gasteiger partial charge >= 0.3 is 5.97 Å². The fourth-order valence-corrected chi connectivity index (χ4v) is 4.54. The lowest BCUT2D eigenvalue weighted by Gasteiger charge is -2.10. The van der Waals surface area contributed by atoms with Gasteiger partial charge in [0.25, 0.3) is 10.0 Å². The van der Waals surface area contributed by atoms with Gasteiger partial charge in [0.2, 0.25) is 0 Å². The van der Waals surface area contributed by atoms with E-state index in [0.29, 0.717) is 21.5 Å². The number of hydrogen-bond donors (Lipinski definition) is 2. The maximum Gasteiger partial charge on any atom is 0.307 e. The standard InChI is InChI=1S/C17H14ClNO5S/c1-10-14(9-17(21)22)15-8-12(20)4-7-16(15)19(10)25(23,24)13-5-2-11(18)3-6-13/h2-8,20H,9H2,1H3,(H,21,22). The molecular weight excluding hydrogens is 366 g/mol. The van der Waals surface area contributed by atoms with Crippen LogP contribution >= 0.6 is 11.6 Å². The molecule has 25 heavy (non-hydrogen) atoms. The Balaban J connectivity index is 2.34. The van der Waals surface area contributed by atoms with Crippen LogP contribution in [0.5, 0.6) is 5.75 Å². The number of carboxylic acids is 1. The third kappa shape index (κ3) is 2.96. The molecule has 130 valence electrons. The molecule has 0 saturated heterocycles. The van der Waals surface area contributed by atoms with Crippen LogP contribution in [0.25, 0.3) is 10.9 Å². The van der Waals surface area contributed by atoms with Gasteiger partial charge in [0.15, 0.2) is 0 Å². The number of phenols is 1. The first-order valence-electron chi connectivity index (χ1n) is 7.27. The number of nitrogens with zero attached hydrogens (tertiary/aromatic N) is 1. The Kier molecular flexibility index (Phi) is 4.22. The molecule has 0 spiro atoms. The SMILES string of the molecule is Cc1c(CC(=O)O)c2cc(O)ccc2n1S(=O)(=O)c1ccc(Cl)cc1. The molecule has 0 aliphatic heterocycles. The van der Waals surface area contributed by atoms with Crippen LogP contribution in [-0.4, -0.2) is 28.6 Å². The summed E-state index contributed by atoms with van der Waals surface area (Å²) in [6.07, 6.45) is -0.352. The number of carboxylic acid groups (broad SMARTS) is 1. The molecule has 0 radical (unpaired) electrons. The second-order valence-electron chi connectivity index (χ2n) is 5.56. The van der Waals surface area contributed by atoms with Gasteiger partial charge in [-0.25, -0.2) is 12.4 Å². The number of halogens is 1. The number of benzene rings is 2. The predicted molar refractivity (Wildman–Crippen MR) is 93.7 cm³/mol. The van der Waals surface area contributed by atoms with Gasteiger partial charge < -0.3 is 10.2 Å². The number of carbonyl (C=O) groups is 1. The number of aromatic hydroxyl groups is 1. The molecule has 2 aromatic carbocycles. The molecule has 0 saturated carbocycles. The van der Waals surface area contributed by atoms with E-state index in [1.54, 1.807) is 6.92 Å². The lowest BCUT2D eigenvalue weighted by molar-refractivity contribution is -0.136. The van der Waals surface area contributed by atoms with Gasteiger partial charge in [0, 0.05) is 16.1 Å². The monoisotopic (exact) mass is 379 g/mol. The van der Waals surface area contributed by atoms with Gasteiger partial charge in [0.05, 0.1) is 16.8 Å². The van der Waals surface area contributed by atoms with E-state index in [1.807, 2.05) is 0 Å². The van der Waals surface area contributed by atoms with Gasteiger partial charge in [-0.1, -0.05) is 11.6 Å². The molecule has 6 nitrogen and oxygen atoms in total. The zero-order valence-electron chi connectivity index (χ0n) is 13.1. The Morgan fingerprint density at radius 3 is 2.40 bits per heavy atom. The van der Waals surface area contributed by atoms with Crippen molar-refractivity contribution < 1.29 is 23.4 Å². The summed E-state index contributed by atoms with van der Waals surface area (Å²) >= 11 is 5.82. The maximum absolute atomic E-state index is 13.1. The normalized spacial score (nSPS) is 11.8. The van der Waals surface area contributed by atoms with Crippen molar-refractivity contribution in [3.05, 3.63) is 58.7 Å². The quantitative estimate of drug-likeness (QED) is 0.725. The van der Waals surface area contributed by atoms with Crippen LogP contribution in [0, 0.1) is 6.92 Å². The van der Waals surface area contributed by atoms with E-state index in [0.717, 1.165) is 3.97 Å². The lowest BCUT2D eigenvalue weighted by atomic mass is 10.1. The molecule has 1 aromatic heterocycles. The number of fused-ring (bicyclic) bond motifs is 1. The summed E-state index contributed by atoms with van der Waals surface area (Å²) in [7, 11) is -3.96. The lowest BCUT2D eigenvalue weighted by Crippen LogP contribution is -2.15. The molecule has 3 rings (SSSR count). The van der Waals surface area contributed by atoms with Gasteiger partial charge in [-0.3, -0.25) is 4.79 Å². The summed E-state index contributed by atoms with van der Waals surface area (Å²) in [5.74, 6) is -1.16. The molecule has 0 unspecified atom stereocenters. The van der Waals surface area contributed by atoms with Gasteiger partial charge in [-0.15, -0.1) is 0 Å². The molecule has 2 N–H and O–H groups in total. The summed E-state index contributed by atoms with van der Waals surface area (Å²) in [5.41, 5.74) is 0.940. The first-order chi connectivity index (χ1) is 11.7. The van der Waals surface area contributed by atoms with Crippen LogP contribution in [0.4, 0.5) is 0 Å². The smallest absolute Gasteiger partial charge is 0.307 e. The van der Waals surface area contributed by atoms with E-state index in [2.05, 4.69) is 0 Å². The highest BCUT2D eigenvalue weighted by molar-refractivity contribution is 7.90. The first-order valence-corrected chi connectivity index (χ1v) is 9.09. The third-order valence-corrected chi connectivity index (χ3v) is 6.02. The number of aromatic nitrogens is 1. The van der Waals surface area contributed by atoms with Crippen molar-refractivity contribution in [2.24, 2.45) is 0 Å². The number of rotatable bonds is 4. The van der Waals surface area contributed by atoms with E-state index in [1.165, 1.54) is 42.5 Å². The number of aliphatic carboxylic acids is 1. The molecule has 3 aromatic rings. The highest BCUT2D eigenvalue weighted by Gasteiger charge is 2.26. The molecule has 0 amide bonds. The fraction of sp³-hybridized carbons (Fsp3) is 0.118. The number of hydrogen-bond acceptors (Lipinski definition) is 4. The van der Waals surface area contributed by atoms with Crippen LogP contribution < -0.4 is 0 Å². The Hall–Kier alpha value is -2.51. The molecule has 8 heteroatoms. The molecular formula is C17H14ClNO5S. The second-order valence-corrected chi connectivity index (χ2v) is 7.78.